The van der Waals surface area contributed by atoms with Gasteiger partial charge in [-0.15, -0.1) is 11.3 Å². The topological polar surface area (TPSA) is 74.7 Å². The van der Waals surface area contributed by atoms with Gasteiger partial charge in [-0.25, -0.2) is 8.42 Å². The Morgan fingerprint density at radius 3 is 2.53 bits per heavy atom. The minimum absolute atomic E-state index is 0.0221. The molecule has 0 spiro atoms. The molecular weight excluding hydrogens is 286 g/mol. The standard InChI is InChI=1S/C12H17NO4S2/c1-8-7-9(2)18-12(8)19(16,17)13(10-3-4-10)6-5-11(14)15/h7,10H,3-6H2,1-2H3,(H,14,15). The minimum atomic E-state index is -3.55. The first-order chi connectivity index (χ1) is 8.82. The molecule has 1 aromatic rings. The van der Waals surface area contributed by atoms with E-state index in [1.807, 2.05) is 13.0 Å². The summed E-state index contributed by atoms with van der Waals surface area (Å²) in [6, 6.07) is 1.82. The molecule has 0 unspecified atom stereocenters. The largest absolute Gasteiger partial charge is 0.481 e. The zero-order valence-corrected chi connectivity index (χ0v) is 12.6. The highest BCUT2D eigenvalue weighted by atomic mass is 32.2. The van der Waals surface area contributed by atoms with Crippen molar-refractivity contribution in [3.8, 4) is 0 Å². The highest BCUT2D eigenvalue weighted by Gasteiger charge is 2.39. The molecule has 7 heteroatoms. The van der Waals surface area contributed by atoms with Gasteiger partial charge in [0, 0.05) is 17.5 Å². The fraction of sp³-hybridized carbons (Fsp3) is 0.583. The second kappa shape index (κ2) is 5.22. The summed E-state index contributed by atoms with van der Waals surface area (Å²) in [4.78, 5) is 11.6. The lowest BCUT2D eigenvalue weighted by atomic mass is 10.4. The fourth-order valence-electron chi connectivity index (χ4n) is 2.05. The second-order valence-electron chi connectivity index (χ2n) is 4.82. The number of rotatable bonds is 6. The van der Waals surface area contributed by atoms with Gasteiger partial charge in [0.1, 0.15) is 4.21 Å². The van der Waals surface area contributed by atoms with E-state index in [1.165, 1.54) is 15.6 Å². The van der Waals surface area contributed by atoms with Crippen molar-refractivity contribution in [1.82, 2.24) is 4.31 Å². The van der Waals surface area contributed by atoms with Crippen LogP contribution < -0.4 is 0 Å². The number of carboxylic acids is 1. The second-order valence-corrected chi connectivity index (χ2v) is 8.16. The molecular formula is C12H17NO4S2. The highest BCUT2D eigenvalue weighted by molar-refractivity contribution is 7.91. The van der Waals surface area contributed by atoms with E-state index in [9.17, 15) is 13.2 Å². The number of carboxylic acid groups (broad SMARTS) is 1. The van der Waals surface area contributed by atoms with Crippen LogP contribution >= 0.6 is 11.3 Å². The number of nitrogens with zero attached hydrogens (tertiary/aromatic N) is 1. The van der Waals surface area contributed by atoms with Crippen LogP contribution in [0.3, 0.4) is 0 Å². The first-order valence-corrected chi connectivity index (χ1v) is 8.38. The number of carbonyl (C=O) groups is 1. The van der Waals surface area contributed by atoms with Crippen LogP contribution in [0, 0.1) is 13.8 Å². The van der Waals surface area contributed by atoms with Crippen LogP contribution in [0.2, 0.25) is 0 Å². The van der Waals surface area contributed by atoms with Crippen LogP contribution in [0.15, 0.2) is 10.3 Å². The van der Waals surface area contributed by atoms with Gasteiger partial charge in [-0.3, -0.25) is 4.79 Å². The first kappa shape index (κ1) is 14.5. The number of thiophene rings is 1. The summed E-state index contributed by atoms with van der Waals surface area (Å²) in [5.41, 5.74) is 0.739. The van der Waals surface area contributed by atoms with Crippen molar-refractivity contribution >= 4 is 27.3 Å². The zero-order chi connectivity index (χ0) is 14.2. The molecule has 1 aliphatic carbocycles. The summed E-state index contributed by atoms with van der Waals surface area (Å²) >= 11 is 1.25. The van der Waals surface area contributed by atoms with E-state index in [2.05, 4.69) is 0 Å². The van der Waals surface area contributed by atoms with Crippen molar-refractivity contribution in [3.05, 3.63) is 16.5 Å². The van der Waals surface area contributed by atoms with Crippen LogP contribution in [0.5, 0.6) is 0 Å². The molecule has 106 valence electrons. The molecule has 1 aromatic heterocycles. The van der Waals surface area contributed by atoms with E-state index in [0.29, 0.717) is 4.21 Å². The molecule has 0 saturated heterocycles. The van der Waals surface area contributed by atoms with E-state index in [4.69, 9.17) is 5.11 Å². The van der Waals surface area contributed by atoms with Gasteiger partial charge in [0.2, 0.25) is 0 Å². The molecule has 0 aromatic carbocycles. The number of sulfonamides is 1. The molecule has 5 nitrogen and oxygen atoms in total. The summed E-state index contributed by atoms with van der Waals surface area (Å²) in [5.74, 6) is -0.972. The Balaban J connectivity index is 2.29. The number of hydrogen-bond donors (Lipinski definition) is 1. The average molecular weight is 303 g/mol. The maximum atomic E-state index is 12.6. The Hall–Kier alpha value is -0.920. The number of hydrogen-bond acceptors (Lipinski definition) is 4. The Kier molecular flexibility index (Phi) is 3.98. The van der Waals surface area contributed by atoms with Gasteiger partial charge in [-0.05, 0) is 38.3 Å². The van der Waals surface area contributed by atoms with Gasteiger partial charge < -0.3 is 5.11 Å². The Morgan fingerprint density at radius 2 is 2.11 bits per heavy atom. The average Bonchev–Trinajstić information content (AvgIpc) is 3.03. The Labute approximate surface area is 116 Å². The van der Waals surface area contributed by atoms with Gasteiger partial charge in [0.25, 0.3) is 10.0 Å². The molecule has 0 atom stereocenters. The summed E-state index contributed by atoms with van der Waals surface area (Å²) in [6.45, 7) is 3.70. The monoisotopic (exact) mass is 303 g/mol. The minimum Gasteiger partial charge on any atom is -0.481 e. The van der Waals surface area contributed by atoms with Crippen LogP contribution in [0.25, 0.3) is 0 Å². The maximum absolute atomic E-state index is 12.6. The molecule has 1 aliphatic rings. The molecule has 0 radical (unpaired) electrons. The van der Waals surface area contributed by atoms with Gasteiger partial charge in [0.05, 0.1) is 6.42 Å². The van der Waals surface area contributed by atoms with Crippen LogP contribution in [-0.2, 0) is 14.8 Å². The van der Waals surface area contributed by atoms with Crippen molar-refractivity contribution < 1.29 is 18.3 Å². The maximum Gasteiger partial charge on any atom is 0.304 e. The Morgan fingerprint density at radius 1 is 1.47 bits per heavy atom. The zero-order valence-electron chi connectivity index (χ0n) is 10.9. The molecule has 1 heterocycles. The van der Waals surface area contributed by atoms with E-state index in [-0.39, 0.29) is 19.0 Å². The van der Waals surface area contributed by atoms with Crippen molar-refractivity contribution in [2.24, 2.45) is 0 Å². The van der Waals surface area contributed by atoms with Gasteiger partial charge >= 0.3 is 5.97 Å². The van der Waals surface area contributed by atoms with E-state index in [0.717, 1.165) is 23.3 Å². The normalized spacial score (nSPS) is 15.9. The summed E-state index contributed by atoms with van der Waals surface area (Å²) in [7, 11) is -3.55. The van der Waals surface area contributed by atoms with E-state index < -0.39 is 16.0 Å². The summed E-state index contributed by atoms with van der Waals surface area (Å²) in [6.07, 6.45) is 1.49. The van der Waals surface area contributed by atoms with E-state index >= 15 is 0 Å². The third kappa shape index (κ3) is 3.16. The van der Waals surface area contributed by atoms with Crippen LogP contribution in [-0.4, -0.2) is 36.4 Å². The highest BCUT2D eigenvalue weighted by Crippen LogP contribution is 2.35. The van der Waals surface area contributed by atoms with Crippen LogP contribution in [0.1, 0.15) is 29.7 Å². The summed E-state index contributed by atoms with van der Waals surface area (Å²) < 4.78 is 26.9. The van der Waals surface area contributed by atoms with Gasteiger partial charge in [0.15, 0.2) is 0 Å². The molecule has 2 rings (SSSR count). The lowest BCUT2D eigenvalue weighted by molar-refractivity contribution is -0.137. The van der Waals surface area contributed by atoms with Crippen molar-refractivity contribution in [1.29, 1.82) is 0 Å². The lowest BCUT2D eigenvalue weighted by Gasteiger charge is -2.20. The molecule has 0 aliphatic heterocycles. The van der Waals surface area contributed by atoms with E-state index in [1.54, 1.807) is 6.92 Å². The lowest BCUT2D eigenvalue weighted by Crippen LogP contribution is -2.34. The molecule has 1 fully saturated rings. The molecule has 1 saturated carbocycles. The SMILES string of the molecule is Cc1cc(C)c(S(=O)(=O)N(CCC(=O)O)C2CC2)s1. The molecule has 0 bridgehead atoms. The first-order valence-electron chi connectivity index (χ1n) is 6.13. The smallest absolute Gasteiger partial charge is 0.304 e. The molecule has 19 heavy (non-hydrogen) atoms. The van der Waals surface area contributed by atoms with Crippen molar-refractivity contribution in [2.75, 3.05) is 6.54 Å². The predicted octanol–water partition coefficient (Wildman–Crippen LogP) is 1.99. The van der Waals surface area contributed by atoms with Gasteiger partial charge in [-0.1, -0.05) is 0 Å². The number of aliphatic carboxylic acids is 1. The molecule has 1 N–H and O–H groups in total. The van der Waals surface area contributed by atoms with Crippen molar-refractivity contribution in [3.63, 3.8) is 0 Å². The van der Waals surface area contributed by atoms with Gasteiger partial charge in [-0.2, -0.15) is 4.31 Å². The Bertz CT molecular complexity index is 587. The third-order valence-corrected chi connectivity index (χ3v) is 6.76. The van der Waals surface area contributed by atoms with Crippen molar-refractivity contribution in [2.45, 2.75) is 43.4 Å². The quantitative estimate of drug-likeness (QED) is 0.872. The number of aryl methyl sites for hydroxylation is 2. The molecule has 0 amide bonds. The summed E-state index contributed by atoms with van der Waals surface area (Å²) in [5, 5.41) is 8.74. The van der Waals surface area contributed by atoms with Crippen LogP contribution in [0.4, 0.5) is 0 Å². The predicted molar refractivity (Wildman–Crippen MR) is 73.0 cm³/mol. The third-order valence-electron chi connectivity index (χ3n) is 3.04. The fourth-order valence-corrected chi connectivity index (χ4v) is 5.51.